The van der Waals surface area contributed by atoms with Gasteiger partial charge in [-0.1, -0.05) is 0 Å². The number of rotatable bonds is 0. The summed E-state index contributed by atoms with van der Waals surface area (Å²) in [6.45, 7) is 3.71. The quantitative estimate of drug-likeness (QED) is 0.272. The van der Waals surface area contributed by atoms with E-state index in [1.807, 2.05) is 13.8 Å². The molecule has 1 aliphatic rings. The van der Waals surface area contributed by atoms with Crippen molar-refractivity contribution in [3.63, 3.8) is 0 Å². The summed E-state index contributed by atoms with van der Waals surface area (Å²) in [5.41, 5.74) is 0. The summed E-state index contributed by atoms with van der Waals surface area (Å²) in [5.74, 6) is -0.250. The molecule has 1 heterocycles. The van der Waals surface area contributed by atoms with Crippen molar-refractivity contribution in [3.05, 3.63) is 0 Å². The van der Waals surface area contributed by atoms with Crippen molar-refractivity contribution in [2.24, 2.45) is 0 Å². The van der Waals surface area contributed by atoms with E-state index in [2.05, 4.69) is 9.78 Å². The van der Waals surface area contributed by atoms with Crippen molar-refractivity contribution in [3.8, 4) is 0 Å². The van der Waals surface area contributed by atoms with E-state index in [0.29, 0.717) is 0 Å². The first-order chi connectivity index (χ1) is 3.21. The molecule has 1 rings (SSSR count). The van der Waals surface area contributed by atoms with Gasteiger partial charge < -0.3 is 0 Å². The van der Waals surface area contributed by atoms with Crippen LogP contribution in [0.2, 0.25) is 0 Å². The van der Waals surface area contributed by atoms with Crippen LogP contribution in [0.1, 0.15) is 13.8 Å². The SMILES string of the molecule is CC1(C)OO1.OO. The lowest BCUT2D eigenvalue weighted by Crippen LogP contribution is -1.89. The van der Waals surface area contributed by atoms with E-state index in [-0.39, 0.29) is 5.79 Å². The van der Waals surface area contributed by atoms with Crippen LogP contribution in [0.4, 0.5) is 0 Å². The van der Waals surface area contributed by atoms with E-state index in [9.17, 15) is 0 Å². The predicted octanol–water partition coefficient (Wildman–Crippen LogP) is 0.702. The second kappa shape index (κ2) is 2.23. The van der Waals surface area contributed by atoms with Crippen molar-refractivity contribution >= 4 is 0 Å². The van der Waals surface area contributed by atoms with Gasteiger partial charge in [-0.3, -0.25) is 10.5 Å². The van der Waals surface area contributed by atoms with Gasteiger partial charge in [0.25, 0.3) is 0 Å². The van der Waals surface area contributed by atoms with Crippen LogP contribution >= 0.6 is 0 Å². The van der Waals surface area contributed by atoms with Gasteiger partial charge >= 0.3 is 0 Å². The average Bonchev–Trinajstić information content (AvgIpc) is 2.26. The molecule has 2 N–H and O–H groups in total. The molecule has 1 fully saturated rings. The normalized spacial score (nSPS) is 22.3. The van der Waals surface area contributed by atoms with Crippen LogP contribution in [0, 0.1) is 0 Å². The molecule has 0 aromatic rings. The zero-order chi connectivity index (χ0) is 5.91. The van der Waals surface area contributed by atoms with Crippen LogP contribution in [-0.2, 0) is 9.78 Å². The van der Waals surface area contributed by atoms with Gasteiger partial charge in [-0.05, 0) is 13.8 Å². The fourth-order valence-corrected chi connectivity index (χ4v) is 0.0833. The molecule has 0 spiro atoms. The maximum atomic E-state index is 6.00. The lowest BCUT2D eigenvalue weighted by atomic mass is 10.4. The molecular weight excluding hydrogens is 100 g/mol. The molecule has 0 aromatic carbocycles. The molecular formula is C3H8O4. The third-order valence-electron chi connectivity index (χ3n) is 0.417. The van der Waals surface area contributed by atoms with Crippen molar-refractivity contribution in [1.29, 1.82) is 0 Å². The second-order valence-corrected chi connectivity index (χ2v) is 1.57. The first-order valence-corrected chi connectivity index (χ1v) is 1.77. The van der Waals surface area contributed by atoms with Gasteiger partial charge in [-0.2, -0.15) is 9.78 Å². The Morgan fingerprint density at radius 1 is 1.14 bits per heavy atom. The summed E-state index contributed by atoms with van der Waals surface area (Å²) in [4.78, 5) is 8.79. The van der Waals surface area contributed by atoms with E-state index in [4.69, 9.17) is 10.5 Å². The van der Waals surface area contributed by atoms with Crippen LogP contribution in [0.15, 0.2) is 0 Å². The standard InChI is InChI=1S/C3H6O2.H2O2/c1-3(2)4-5-3;1-2/h1-2H3;1-2H. The second-order valence-electron chi connectivity index (χ2n) is 1.57. The molecule has 0 amide bonds. The minimum atomic E-state index is -0.250. The Hall–Kier alpha value is -0.160. The molecule has 0 unspecified atom stereocenters. The Kier molecular flexibility index (Phi) is 2.17. The summed E-state index contributed by atoms with van der Waals surface area (Å²) in [7, 11) is 0. The highest BCUT2D eigenvalue weighted by molar-refractivity contribution is 4.53. The van der Waals surface area contributed by atoms with Crippen molar-refractivity contribution in [2.75, 3.05) is 0 Å². The molecule has 0 saturated carbocycles. The zero-order valence-corrected chi connectivity index (χ0v) is 4.21. The van der Waals surface area contributed by atoms with Crippen LogP contribution in [-0.4, -0.2) is 16.3 Å². The minimum Gasteiger partial charge on any atom is -0.255 e. The van der Waals surface area contributed by atoms with Crippen LogP contribution in [0.3, 0.4) is 0 Å². The van der Waals surface area contributed by atoms with E-state index in [0.717, 1.165) is 0 Å². The van der Waals surface area contributed by atoms with Gasteiger partial charge in [-0.15, -0.1) is 0 Å². The third-order valence-corrected chi connectivity index (χ3v) is 0.417. The molecule has 1 saturated heterocycles. The van der Waals surface area contributed by atoms with E-state index >= 15 is 0 Å². The highest BCUT2D eigenvalue weighted by Gasteiger charge is 2.36. The van der Waals surface area contributed by atoms with Crippen molar-refractivity contribution in [2.45, 2.75) is 19.6 Å². The first-order valence-electron chi connectivity index (χ1n) is 1.77. The summed E-state index contributed by atoms with van der Waals surface area (Å²) in [6.07, 6.45) is 0. The summed E-state index contributed by atoms with van der Waals surface area (Å²) >= 11 is 0. The van der Waals surface area contributed by atoms with Crippen molar-refractivity contribution in [1.82, 2.24) is 0 Å². The van der Waals surface area contributed by atoms with E-state index in [1.54, 1.807) is 0 Å². The monoisotopic (exact) mass is 108 g/mol. The first kappa shape index (κ1) is 6.84. The zero-order valence-electron chi connectivity index (χ0n) is 4.21. The van der Waals surface area contributed by atoms with Gasteiger partial charge in [0.2, 0.25) is 5.79 Å². The predicted molar refractivity (Wildman–Crippen MR) is 21.5 cm³/mol. The Morgan fingerprint density at radius 2 is 1.29 bits per heavy atom. The molecule has 0 bridgehead atoms. The fourth-order valence-electron chi connectivity index (χ4n) is 0.0833. The Labute approximate surface area is 41.1 Å². The van der Waals surface area contributed by atoms with E-state index < -0.39 is 0 Å². The van der Waals surface area contributed by atoms with Crippen LogP contribution in [0.5, 0.6) is 0 Å². The maximum absolute atomic E-state index is 6.00. The van der Waals surface area contributed by atoms with Crippen LogP contribution < -0.4 is 0 Å². The molecule has 0 aliphatic carbocycles. The van der Waals surface area contributed by atoms with Crippen LogP contribution in [0.25, 0.3) is 0 Å². The highest BCUT2D eigenvalue weighted by Crippen LogP contribution is 2.26. The molecule has 44 valence electrons. The van der Waals surface area contributed by atoms with Gasteiger partial charge in [0.1, 0.15) is 0 Å². The number of hydrogen-bond donors (Lipinski definition) is 2. The third kappa shape index (κ3) is 3.68. The molecule has 7 heavy (non-hydrogen) atoms. The topological polar surface area (TPSA) is 65.5 Å². The largest absolute Gasteiger partial charge is 0.255 e. The molecule has 0 aromatic heterocycles. The Balaban J connectivity index is 0.000000162. The highest BCUT2D eigenvalue weighted by atomic mass is 17.4. The smallest absolute Gasteiger partial charge is 0.228 e. The van der Waals surface area contributed by atoms with E-state index in [1.165, 1.54) is 0 Å². The molecule has 0 atom stereocenters. The molecule has 0 radical (unpaired) electrons. The van der Waals surface area contributed by atoms with Gasteiger partial charge in [-0.25, -0.2) is 0 Å². The Morgan fingerprint density at radius 3 is 1.29 bits per heavy atom. The lowest BCUT2D eigenvalue weighted by Gasteiger charge is -1.72. The fraction of sp³-hybridized carbons (Fsp3) is 1.00. The van der Waals surface area contributed by atoms with Gasteiger partial charge in [0.15, 0.2) is 0 Å². The minimum absolute atomic E-state index is 0.250. The maximum Gasteiger partial charge on any atom is 0.228 e. The molecule has 4 nitrogen and oxygen atoms in total. The lowest BCUT2D eigenvalue weighted by molar-refractivity contribution is -0.176. The summed E-state index contributed by atoms with van der Waals surface area (Å²) < 4.78 is 0. The average molecular weight is 108 g/mol. The van der Waals surface area contributed by atoms with Gasteiger partial charge in [0.05, 0.1) is 0 Å². The van der Waals surface area contributed by atoms with Crippen molar-refractivity contribution < 1.29 is 20.3 Å². The molecule has 4 heteroatoms. The summed E-state index contributed by atoms with van der Waals surface area (Å²) in [6, 6.07) is 0. The summed E-state index contributed by atoms with van der Waals surface area (Å²) in [5, 5.41) is 12.0. The molecule has 1 aliphatic heterocycles. The van der Waals surface area contributed by atoms with Gasteiger partial charge in [0, 0.05) is 0 Å². The Bertz CT molecular complexity index is 44.9. The number of hydrogen-bond acceptors (Lipinski definition) is 4.